The highest BCUT2D eigenvalue weighted by Gasteiger charge is 2.28. The average Bonchev–Trinajstić information content (AvgIpc) is 3.29. The smallest absolute Gasteiger partial charge is 0.255 e. The van der Waals surface area contributed by atoms with Crippen LogP contribution < -0.4 is 5.32 Å². The zero-order valence-electron chi connectivity index (χ0n) is 18.9. The normalized spacial score (nSPS) is 17.0. The Labute approximate surface area is 198 Å². The number of aromatic nitrogens is 2. The van der Waals surface area contributed by atoms with Crippen LogP contribution in [0, 0.1) is 5.92 Å². The van der Waals surface area contributed by atoms with Gasteiger partial charge in [-0.15, -0.1) is 0 Å². The Bertz CT molecular complexity index is 1390. The van der Waals surface area contributed by atoms with Gasteiger partial charge in [-0.2, -0.15) is 4.31 Å². The van der Waals surface area contributed by atoms with Crippen molar-refractivity contribution < 1.29 is 13.2 Å². The number of piperidine rings is 1. The summed E-state index contributed by atoms with van der Waals surface area (Å²) in [7, 11) is -3.54. The van der Waals surface area contributed by atoms with Crippen molar-refractivity contribution >= 4 is 32.7 Å². The van der Waals surface area contributed by atoms with Gasteiger partial charge in [0.05, 0.1) is 15.9 Å². The molecule has 0 aliphatic carbocycles. The van der Waals surface area contributed by atoms with E-state index in [1.807, 2.05) is 48.5 Å². The first kappa shape index (κ1) is 22.3. The van der Waals surface area contributed by atoms with Gasteiger partial charge in [0.15, 0.2) is 0 Å². The van der Waals surface area contributed by atoms with Crippen LogP contribution in [0.15, 0.2) is 77.7 Å². The van der Waals surface area contributed by atoms with Crippen molar-refractivity contribution in [3.63, 3.8) is 0 Å². The maximum Gasteiger partial charge on any atom is 0.255 e. The average molecular weight is 475 g/mol. The van der Waals surface area contributed by atoms with Gasteiger partial charge in [-0.05, 0) is 79.4 Å². The van der Waals surface area contributed by atoms with Gasteiger partial charge in [-0.1, -0.05) is 19.1 Å². The number of anilines is 1. The number of para-hydroxylation sites is 2. The molecule has 5 rings (SSSR count). The molecule has 2 heterocycles. The Morgan fingerprint density at radius 2 is 1.76 bits per heavy atom. The number of aromatic amines is 1. The van der Waals surface area contributed by atoms with E-state index in [2.05, 4.69) is 22.2 Å². The lowest BCUT2D eigenvalue weighted by Crippen LogP contribution is -2.39. The highest BCUT2D eigenvalue weighted by atomic mass is 32.2. The number of H-pyrrole nitrogens is 1. The molecule has 1 aromatic heterocycles. The number of hydrogen-bond donors (Lipinski definition) is 2. The molecule has 0 bridgehead atoms. The van der Waals surface area contributed by atoms with Crippen LogP contribution in [-0.4, -0.2) is 41.7 Å². The molecule has 1 atom stereocenters. The van der Waals surface area contributed by atoms with Gasteiger partial charge in [0, 0.05) is 29.9 Å². The second kappa shape index (κ2) is 9.04. The second-order valence-corrected chi connectivity index (χ2v) is 10.7. The second-order valence-electron chi connectivity index (χ2n) is 8.77. The summed E-state index contributed by atoms with van der Waals surface area (Å²) in [5.41, 5.74) is 3.82. The van der Waals surface area contributed by atoms with Gasteiger partial charge in [0.1, 0.15) is 5.82 Å². The molecule has 8 heteroatoms. The van der Waals surface area contributed by atoms with Crippen LogP contribution in [0.5, 0.6) is 0 Å². The monoisotopic (exact) mass is 474 g/mol. The zero-order chi connectivity index (χ0) is 23.7. The van der Waals surface area contributed by atoms with Crippen molar-refractivity contribution in [3.05, 3.63) is 78.4 Å². The van der Waals surface area contributed by atoms with Crippen LogP contribution in [0.3, 0.4) is 0 Å². The van der Waals surface area contributed by atoms with Gasteiger partial charge in [-0.3, -0.25) is 4.79 Å². The Balaban J connectivity index is 1.27. The molecule has 4 aromatic rings. The third-order valence-corrected chi connectivity index (χ3v) is 8.06. The molecule has 0 unspecified atom stereocenters. The number of imidazole rings is 1. The van der Waals surface area contributed by atoms with Crippen LogP contribution in [0.25, 0.3) is 22.4 Å². The largest absolute Gasteiger partial charge is 0.338 e. The summed E-state index contributed by atoms with van der Waals surface area (Å²) >= 11 is 0. The lowest BCUT2D eigenvalue weighted by molar-refractivity contribution is 0.102. The molecule has 1 amide bonds. The third-order valence-electron chi connectivity index (χ3n) is 6.18. The first-order valence-electron chi connectivity index (χ1n) is 11.4. The number of nitrogens with zero attached hydrogens (tertiary/aromatic N) is 2. The Hall–Kier alpha value is -3.49. The van der Waals surface area contributed by atoms with Crippen molar-refractivity contribution in [2.75, 3.05) is 18.4 Å². The summed E-state index contributed by atoms with van der Waals surface area (Å²) < 4.78 is 27.4. The molecule has 2 N–H and O–H groups in total. The zero-order valence-corrected chi connectivity index (χ0v) is 19.7. The van der Waals surface area contributed by atoms with Crippen LogP contribution in [0.1, 0.15) is 30.1 Å². The van der Waals surface area contributed by atoms with E-state index in [1.165, 1.54) is 12.1 Å². The fraction of sp³-hybridized carbons (Fsp3) is 0.231. The quantitative estimate of drug-likeness (QED) is 0.430. The predicted octanol–water partition coefficient (Wildman–Crippen LogP) is 4.90. The number of carbonyl (C=O) groups is 1. The fourth-order valence-corrected chi connectivity index (χ4v) is 5.89. The maximum atomic E-state index is 12.9. The number of carbonyl (C=O) groups excluding carboxylic acids is 1. The van der Waals surface area contributed by atoms with Crippen LogP contribution >= 0.6 is 0 Å². The van der Waals surface area contributed by atoms with E-state index in [0.717, 1.165) is 35.3 Å². The molecular formula is C26H26N4O3S. The first-order valence-corrected chi connectivity index (χ1v) is 12.8. The molecule has 1 aliphatic rings. The number of benzene rings is 3. The number of hydrogen-bond acceptors (Lipinski definition) is 4. The summed E-state index contributed by atoms with van der Waals surface area (Å²) in [5.74, 6) is 0.817. The van der Waals surface area contributed by atoms with Crippen molar-refractivity contribution in [2.45, 2.75) is 24.7 Å². The lowest BCUT2D eigenvalue weighted by atomic mass is 10.0. The molecule has 174 valence electrons. The highest BCUT2D eigenvalue weighted by Crippen LogP contribution is 2.25. The van der Waals surface area contributed by atoms with Crippen molar-refractivity contribution in [1.29, 1.82) is 0 Å². The molecular weight excluding hydrogens is 448 g/mol. The van der Waals surface area contributed by atoms with Crippen LogP contribution in [0.4, 0.5) is 5.69 Å². The van der Waals surface area contributed by atoms with Gasteiger partial charge >= 0.3 is 0 Å². The molecule has 0 spiro atoms. The fourth-order valence-electron chi connectivity index (χ4n) is 4.30. The van der Waals surface area contributed by atoms with E-state index >= 15 is 0 Å². The predicted molar refractivity (Wildman–Crippen MR) is 133 cm³/mol. The van der Waals surface area contributed by atoms with Crippen molar-refractivity contribution in [2.24, 2.45) is 5.92 Å². The molecule has 7 nitrogen and oxygen atoms in total. The van der Waals surface area contributed by atoms with E-state index in [-0.39, 0.29) is 10.8 Å². The lowest BCUT2D eigenvalue weighted by Gasteiger charge is -2.30. The molecule has 34 heavy (non-hydrogen) atoms. The standard InChI is InChI=1S/C26H26N4O3S/c1-18-5-4-16-30(17-18)34(32,33)22-14-10-20(11-15-22)26(31)27-21-12-8-19(9-13-21)25-28-23-6-2-3-7-24(23)29-25/h2-3,6-15,18H,4-5,16-17H2,1H3,(H,27,31)(H,28,29)/t18-/m0/s1. The molecule has 0 saturated carbocycles. The van der Waals surface area contributed by atoms with Gasteiger partial charge < -0.3 is 10.3 Å². The van der Waals surface area contributed by atoms with E-state index in [1.54, 1.807) is 16.4 Å². The van der Waals surface area contributed by atoms with Crippen molar-refractivity contribution in [1.82, 2.24) is 14.3 Å². The molecule has 1 fully saturated rings. The molecule has 0 radical (unpaired) electrons. The summed E-state index contributed by atoms with van der Waals surface area (Å²) in [6.07, 6.45) is 1.92. The summed E-state index contributed by atoms with van der Waals surface area (Å²) in [6.45, 7) is 3.14. The molecule has 1 saturated heterocycles. The Morgan fingerprint density at radius 1 is 1.03 bits per heavy atom. The number of rotatable bonds is 5. The van der Waals surface area contributed by atoms with Gasteiger partial charge in [0.2, 0.25) is 10.0 Å². The van der Waals surface area contributed by atoms with Gasteiger partial charge in [0.25, 0.3) is 5.91 Å². The van der Waals surface area contributed by atoms with Crippen LogP contribution in [0.2, 0.25) is 0 Å². The highest BCUT2D eigenvalue weighted by molar-refractivity contribution is 7.89. The summed E-state index contributed by atoms with van der Waals surface area (Å²) in [6, 6.07) is 21.4. The summed E-state index contributed by atoms with van der Waals surface area (Å²) in [5, 5.41) is 2.86. The topological polar surface area (TPSA) is 95.2 Å². The Morgan fingerprint density at radius 3 is 2.47 bits per heavy atom. The minimum absolute atomic E-state index is 0.216. The number of nitrogens with one attached hydrogen (secondary N) is 2. The maximum absolute atomic E-state index is 12.9. The third kappa shape index (κ3) is 4.47. The van der Waals surface area contributed by atoms with Gasteiger partial charge in [-0.25, -0.2) is 13.4 Å². The number of amides is 1. The van der Waals surface area contributed by atoms with E-state index < -0.39 is 10.0 Å². The summed E-state index contributed by atoms with van der Waals surface area (Å²) in [4.78, 5) is 20.8. The molecule has 3 aromatic carbocycles. The minimum Gasteiger partial charge on any atom is -0.338 e. The minimum atomic E-state index is -3.54. The number of sulfonamides is 1. The Kier molecular flexibility index (Phi) is 5.93. The SMILES string of the molecule is C[C@H]1CCCN(S(=O)(=O)c2ccc(C(=O)Nc3ccc(-c4nc5ccccc5[nH]4)cc3)cc2)C1. The molecule has 1 aliphatic heterocycles. The van der Waals surface area contributed by atoms with E-state index in [9.17, 15) is 13.2 Å². The van der Waals surface area contributed by atoms with Crippen molar-refractivity contribution in [3.8, 4) is 11.4 Å². The van der Waals surface area contributed by atoms with E-state index in [4.69, 9.17) is 0 Å². The van der Waals surface area contributed by atoms with Crippen LogP contribution in [-0.2, 0) is 10.0 Å². The number of fused-ring (bicyclic) bond motifs is 1. The van der Waals surface area contributed by atoms with E-state index in [0.29, 0.717) is 30.3 Å². The first-order chi connectivity index (χ1) is 16.4.